The van der Waals surface area contributed by atoms with Crippen LogP contribution in [0, 0.1) is 0 Å². The van der Waals surface area contributed by atoms with Crippen LogP contribution in [-0.2, 0) is 20.7 Å². The van der Waals surface area contributed by atoms with Crippen LogP contribution in [0.2, 0.25) is 10.0 Å². The molecular formula is C24H31Cl2N3O4. The van der Waals surface area contributed by atoms with Crippen molar-refractivity contribution in [2.75, 3.05) is 39.4 Å². The molecule has 3 heterocycles. The van der Waals surface area contributed by atoms with E-state index in [1.54, 1.807) is 17.0 Å². The molecule has 3 aliphatic heterocycles. The fourth-order valence-electron chi connectivity index (χ4n) is 5.84. The van der Waals surface area contributed by atoms with Gasteiger partial charge in [-0.25, -0.2) is 0 Å². The number of ether oxygens (including phenoxy) is 1. The lowest BCUT2D eigenvalue weighted by atomic mass is 9.78. The summed E-state index contributed by atoms with van der Waals surface area (Å²) in [6.45, 7) is 3.74. The molecule has 1 unspecified atom stereocenters. The van der Waals surface area contributed by atoms with Crippen LogP contribution in [0.5, 0.6) is 0 Å². The van der Waals surface area contributed by atoms with Gasteiger partial charge in [0, 0.05) is 13.1 Å². The van der Waals surface area contributed by atoms with E-state index in [1.807, 2.05) is 11.0 Å². The van der Waals surface area contributed by atoms with Crippen LogP contribution < -0.4 is 0 Å². The number of likely N-dealkylation sites (tertiary alicyclic amines) is 1. The summed E-state index contributed by atoms with van der Waals surface area (Å²) in [5.74, 6) is -0.185. The molecule has 3 saturated heterocycles. The molecule has 33 heavy (non-hydrogen) atoms. The van der Waals surface area contributed by atoms with Gasteiger partial charge in [-0.3, -0.25) is 14.5 Å². The Kier molecular flexibility index (Phi) is 6.62. The predicted octanol–water partition coefficient (Wildman–Crippen LogP) is 2.35. The summed E-state index contributed by atoms with van der Waals surface area (Å²) in [5.41, 5.74) is -0.435. The smallest absolute Gasteiger partial charge is 0.254 e. The van der Waals surface area contributed by atoms with Gasteiger partial charge in [-0.05, 0) is 62.9 Å². The van der Waals surface area contributed by atoms with Gasteiger partial charge in [0.2, 0.25) is 5.91 Å². The Morgan fingerprint density at radius 3 is 2.33 bits per heavy atom. The molecular weight excluding hydrogens is 465 g/mol. The molecule has 180 valence electrons. The third kappa shape index (κ3) is 4.39. The van der Waals surface area contributed by atoms with E-state index >= 15 is 0 Å². The Balaban J connectivity index is 1.41. The summed E-state index contributed by atoms with van der Waals surface area (Å²) in [5, 5.41) is 11.7. The standard InChI is InChI=1S/C24H31Cl2N3O4/c25-17-5-4-16(12-18(17)26)13-21(30)29-11-10-28(23(31)24(32)6-3-7-24)20-15-33-14-19(22(20)29)27-8-1-2-9-27/h4-5,12,19-20,22,32H,1-3,6-11,13-15H2/t19?,20-,22-/m1/s1. The molecule has 0 bridgehead atoms. The number of hydrogen-bond acceptors (Lipinski definition) is 5. The quantitative estimate of drug-likeness (QED) is 0.693. The first-order chi connectivity index (χ1) is 15.9. The Morgan fingerprint density at radius 2 is 1.67 bits per heavy atom. The molecule has 2 amide bonds. The number of aliphatic hydroxyl groups is 1. The third-order valence-corrected chi connectivity index (χ3v) is 8.56. The van der Waals surface area contributed by atoms with Crippen molar-refractivity contribution in [2.45, 2.75) is 62.3 Å². The van der Waals surface area contributed by atoms with Gasteiger partial charge in [-0.1, -0.05) is 29.3 Å². The normalized spacial score (nSPS) is 29.5. The molecule has 0 aromatic heterocycles. The molecule has 9 heteroatoms. The fraction of sp³-hybridized carbons (Fsp3) is 0.667. The van der Waals surface area contributed by atoms with Crippen molar-refractivity contribution in [1.82, 2.24) is 14.7 Å². The zero-order valence-corrected chi connectivity index (χ0v) is 20.2. The highest BCUT2D eigenvalue weighted by atomic mass is 35.5. The molecule has 1 aliphatic carbocycles. The van der Waals surface area contributed by atoms with Crippen LogP contribution in [0.25, 0.3) is 0 Å². The van der Waals surface area contributed by atoms with Crippen molar-refractivity contribution < 1.29 is 19.4 Å². The van der Waals surface area contributed by atoms with Gasteiger partial charge in [-0.2, -0.15) is 0 Å². The van der Waals surface area contributed by atoms with Crippen molar-refractivity contribution in [3.05, 3.63) is 33.8 Å². The minimum Gasteiger partial charge on any atom is -0.380 e. The molecule has 1 N–H and O–H groups in total. The van der Waals surface area contributed by atoms with E-state index < -0.39 is 5.60 Å². The Bertz CT molecular complexity index is 919. The summed E-state index contributed by atoms with van der Waals surface area (Å²) in [4.78, 5) is 33.0. The minimum absolute atomic E-state index is 0.0175. The van der Waals surface area contributed by atoms with Gasteiger partial charge in [0.15, 0.2) is 0 Å². The van der Waals surface area contributed by atoms with E-state index in [2.05, 4.69) is 4.90 Å². The number of carbonyl (C=O) groups excluding carboxylic acids is 2. The van der Waals surface area contributed by atoms with E-state index in [9.17, 15) is 14.7 Å². The highest BCUT2D eigenvalue weighted by Crippen LogP contribution is 2.37. The minimum atomic E-state index is -1.25. The number of amides is 2. The number of piperazine rings is 1. The summed E-state index contributed by atoms with van der Waals surface area (Å²) in [6.07, 6.45) is 4.38. The number of halogens is 2. The Labute approximate surface area is 204 Å². The van der Waals surface area contributed by atoms with Gasteiger partial charge in [-0.15, -0.1) is 0 Å². The van der Waals surface area contributed by atoms with Crippen LogP contribution >= 0.6 is 23.2 Å². The molecule has 1 saturated carbocycles. The summed E-state index contributed by atoms with van der Waals surface area (Å²) in [7, 11) is 0. The highest BCUT2D eigenvalue weighted by molar-refractivity contribution is 6.42. The second-order valence-corrected chi connectivity index (χ2v) is 10.6. The van der Waals surface area contributed by atoms with E-state index in [1.165, 1.54) is 0 Å². The van der Waals surface area contributed by atoms with Crippen molar-refractivity contribution in [1.29, 1.82) is 0 Å². The number of fused-ring (bicyclic) bond motifs is 1. The Hall–Kier alpha value is -1.38. The largest absolute Gasteiger partial charge is 0.380 e. The molecule has 1 aromatic rings. The average Bonchev–Trinajstić information content (AvgIpc) is 3.33. The zero-order valence-electron chi connectivity index (χ0n) is 18.7. The lowest BCUT2D eigenvalue weighted by Gasteiger charge is -2.55. The van der Waals surface area contributed by atoms with E-state index in [4.69, 9.17) is 27.9 Å². The molecule has 3 atom stereocenters. The molecule has 0 radical (unpaired) electrons. The number of hydrogen-bond donors (Lipinski definition) is 1. The summed E-state index contributed by atoms with van der Waals surface area (Å²) >= 11 is 12.2. The number of benzene rings is 1. The molecule has 4 aliphatic rings. The predicted molar refractivity (Wildman–Crippen MR) is 125 cm³/mol. The van der Waals surface area contributed by atoms with E-state index in [0.29, 0.717) is 49.2 Å². The van der Waals surface area contributed by atoms with E-state index in [0.717, 1.165) is 37.9 Å². The second-order valence-electron chi connectivity index (χ2n) is 9.80. The maximum atomic E-state index is 13.6. The first kappa shape index (κ1) is 23.4. The fourth-order valence-corrected chi connectivity index (χ4v) is 6.16. The van der Waals surface area contributed by atoms with Crippen LogP contribution in [0.4, 0.5) is 0 Å². The first-order valence-corrected chi connectivity index (χ1v) is 12.7. The maximum Gasteiger partial charge on any atom is 0.254 e. The van der Waals surface area contributed by atoms with Gasteiger partial charge < -0.3 is 19.6 Å². The molecule has 7 nitrogen and oxygen atoms in total. The third-order valence-electron chi connectivity index (χ3n) is 7.82. The van der Waals surface area contributed by atoms with Gasteiger partial charge in [0.1, 0.15) is 5.60 Å². The summed E-state index contributed by atoms with van der Waals surface area (Å²) < 4.78 is 6.00. The zero-order chi connectivity index (χ0) is 23.2. The van der Waals surface area contributed by atoms with Crippen molar-refractivity contribution in [3.8, 4) is 0 Å². The van der Waals surface area contributed by atoms with Crippen LogP contribution in [0.15, 0.2) is 18.2 Å². The number of rotatable bonds is 4. The van der Waals surface area contributed by atoms with Gasteiger partial charge in [0.25, 0.3) is 5.91 Å². The molecule has 1 aromatic carbocycles. The molecule has 0 spiro atoms. The maximum absolute atomic E-state index is 13.6. The van der Waals surface area contributed by atoms with Crippen LogP contribution in [-0.4, -0.2) is 94.7 Å². The van der Waals surface area contributed by atoms with Crippen LogP contribution in [0.1, 0.15) is 37.7 Å². The average molecular weight is 496 g/mol. The highest BCUT2D eigenvalue weighted by Gasteiger charge is 2.53. The van der Waals surface area contributed by atoms with Crippen molar-refractivity contribution in [2.24, 2.45) is 0 Å². The first-order valence-electron chi connectivity index (χ1n) is 12.0. The summed E-state index contributed by atoms with van der Waals surface area (Å²) in [6, 6.07) is 4.91. The SMILES string of the molecule is O=C(Cc1ccc(Cl)c(Cl)c1)N1CCN(C(=O)C2(O)CCC2)[C@@H]2COCC(N3CCCC3)[C@H]21. The molecule has 5 rings (SSSR count). The number of nitrogens with zero attached hydrogens (tertiary/aromatic N) is 3. The monoisotopic (exact) mass is 495 g/mol. The lowest BCUT2D eigenvalue weighted by molar-refractivity contribution is -0.180. The van der Waals surface area contributed by atoms with E-state index in [-0.39, 0.29) is 36.4 Å². The Morgan fingerprint density at radius 1 is 0.970 bits per heavy atom. The number of carbonyl (C=O) groups is 2. The van der Waals surface area contributed by atoms with Crippen molar-refractivity contribution in [3.63, 3.8) is 0 Å². The van der Waals surface area contributed by atoms with Gasteiger partial charge >= 0.3 is 0 Å². The lowest BCUT2D eigenvalue weighted by Crippen LogP contribution is -2.74. The van der Waals surface area contributed by atoms with Crippen molar-refractivity contribution >= 4 is 35.0 Å². The van der Waals surface area contributed by atoms with Crippen LogP contribution in [0.3, 0.4) is 0 Å². The second kappa shape index (κ2) is 9.34. The molecule has 4 fully saturated rings. The topological polar surface area (TPSA) is 73.3 Å². The van der Waals surface area contributed by atoms with Gasteiger partial charge in [0.05, 0.1) is 47.8 Å².